The minimum absolute atomic E-state index is 0.0426. The Bertz CT molecular complexity index is 316. The van der Waals surface area contributed by atoms with E-state index in [0.717, 1.165) is 6.42 Å². The Morgan fingerprint density at radius 3 is 2.22 bits per heavy atom. The van der Waals surface area contributed by atoms with Gasteiger partial charge in [-0.15, -0.1) is 0 Å². The number of esters is 1. The molecule has 2 heteroatoms. The van der Waals surface area contributed by atoms with Gasteiger partial charge >= 0.3 is 5.97 Å². The average molecular weight is 252 g/mol. The minimum atomic E-state index is -0.113. The Morgan fingerprint density at radius 2 is 1.83 bits per heavy atom. The summed E-state index contributed by atoms with van der Waals surface area (Å²) in [4.78, 5) is 12.1. The summed E-state index contributed by atoms with van der Waals surface area (Å²) in [6, 6.07) is 0. The zero-order valence-corrected chi connectivity index (χ0v) is 12.9. The lowest BCUT2D eigenvalue weighted by atomic mass is 9.80. The van der Waals surface area contributed by atoms with Gasteiger partial charge in [-0.25, -0.2) is 0 Å². The van der Waals surface area contributed by atoms with Gasteiger partial charge in [0.05, 0.1) is 5.92 Å². The Kier molecular flexibility index (Phi) is 6.97. The largest absolute Gasteiger partial charge is 0.431 e. The Labute approximate surface area is 112 Å². The maximum atomic E-state index is 12.1. The lowest BCUT2D eigenvalue weighted by Gasteiger charge is -2.27. The maximum Gasteiger partial charge on any atom is 0.314 e. The SMILES string of the molecule is CC=CC=C(C)OC(=O)C(CC(C)(C)C)C(C)C. The van der Waals surface area contributed by atoms with Crippen molar-refractivity contribution in [2.45, 2.75) is 54.9 Å². The number of hydrogen-bond donors (Lipinski definition) is 0. The highest BCUT2D eigenvalue weighted by atomic mass is 16.5. The smallest absolute Gasteiger partial charge is 0.314 e. The third kappa shape index (κ3) is 7.31. The summed E-state index contributed by atoms with van der Waals surface area (Å²) in [5, 5.41) is 0. The van der Waals surface area contributed by atoms with Crippen LogP contribution in [0.1, 0.15) is 54.9 Å². The zero-order valence-electron chi connectivity index (χ0n) is 12.9. The molecule has 1 atom stereocenters. The molecule has 0 saturated carbocycles. The topological polar surface area (TPSA) is 26.3 Å². The molecule has 0 bridgehead atoms. The molecule has 0 aliphatic rings. The number of rotatable bonds is 5. The molecule has 2 nitrogen and oxygen atoms in total. The molecular weight excluding hydrogens is 224 g/mol. The van der Waals surface area contributed by atoms with Gasteiger partial charge < -0.3 is 4.74 Å². The Balaban J connectivity index is 4.69. The second-order valence-corrected chi connectivity index (χ2v) is 6.34. The molecule has 0 radical (unpaired) electrons. The van der Waals surface area contributed by atoms with Crippen molar-refractivity contribution < 1.29 is 9.53 Å². The van der Waals surface area contributed by atoms with Gasteiger partial charge in [0, 0.05) is 0 Å². The highest BCUT2D eigenvalue weighted by molar-refractivity contribution is 5.73. The molecule has 0 heterocycles. The van der Waals surface area contributed by atoms with E-state index in [4.69, 9.17) is 4.74 Å². The average Bonchev–Trinajstić information content (AvgIpc) is 2.21. The molecule has 0 rings (SSSR count). The lowest BCUT2D eigenvalue weighted by molar-refractivity contribution is -0.146. The second kappa shape index (κ2) is 7.40. The van der Waals surface area contributed by atoms with Crippen LogP contribution in [-0.2, 0) is 9.53 Å². The van der Waals surface area contributed by atoms with E-state index >= 15 is 0 Å². The molecular formula is C16H28O2. The van der Waals surface area contributed by atoms with Crippen LogP contribution in [0.2, 0.25) is 0 Å². The number of hydrogen-bond acceptors (Lipinski definition) is 2. The first-order valence-corrected chi connectivity index (χ1v) is 6.68. The first kappa shape index (κ1) is 16.9. The predicted molar refractivity (Wildman–Crippen MR) is 77.1 cm³/mol. The van der Waals surface area contributed by atoms with Crippen LogP contribution in [0.3, 0.4) is 0 Å². The number of carbonyl (C=O) groups excluding carboxylic acids is 1. The number of carbonyl (C=O) groups is 1. The van der Waals surface area contributed by atoms with Crippen molar-refractivity contribution in [2.24, 2.45) is 17.3 Å². The molecule has 0 N–H and O–H groups in total. The molecule has 104 valence electrons. The fourth-order valence-electron chi connectivity index (χ4n) is 1.75. The summed E-state index contributed by atoms with van der Waals surface area (Å²) in [6.45, 7) is 14.3. The normalized spacial score (nSPS) is 15.2. The van der Waals surface area contributed by atoms with Gasteiger partial charge in [-0.05, 0) is 37.7 Å². The van der Waals surface area contributed by atoms with Crippen LogP contribution in [0.5, 0.6) is 0 Å². The summed E-state index contributed by atoms with van der Waals surface area (Å²) in [6.07, 6.45) is 6.44. The van der Waals surface area contributed by atoms with Crippen LogP contribution in [0.15, 0.2) is 24.0 Å². The van der Waals surface area contributed by atoms with Crippen molar-refractivity contribution >= 4 is 5.97 Å². The fraction of sp³-hybridized carbons (Fsp3) is 0.688. The van der Waals surface area contributed by atoms with Gasteiger partial charge in [-0.1, -0.05) is 46.8 Å². The molecule has 0 aliphatic heterocycles. The van der Waals surface area contributed by atoms with Gasteiger partial charge in [-0.3, -0.25) is 4.79 Å². The van der Waals surface area contributed by atoms with Crippen molar-refractivity contribution in [3.8, 4) is 0 Å². The molecule has 0 aromatic rings. The van der Waals surface area contributed by atoms with Crippen LogP contribution >= 0.6 is 0 Å². The van der Waals surface area contributed by atoms with E-state index in [-0.39, 0.29) is 17.3 Å². The van der Waals surface area contributed by atoms with E-state index in [2.05, 4.69) is 34.6 Å². The third-order valence-electron chi connectivity index (χ3n) is 2.72. The van der Waals surface area contributed by atoms with Crippen molar-refractivity contribution in [3.63, 3.8) is 0 Å². The predicted octanol–water partition coefficient (Wildman–Crippen LogP) is 4.72. The van der Waals surface area contributed by atoms with E-state index in [0.29, 0.717) is 11.7 Å². The third-order valence-corrected chi connectivity index (χ3v) is 2.72. The summed E-state index contributed by atoms with van der Waals surface area (Å²) in [5.74, 6) is 0.793. The first-order chi connectivity index (χ1) is 8.17. The van der Waals surface area contributed by atoms with Crippen LogP contribution < -0.4 is 0 Å². The molecule has 0 aliphatic carbocycles. The summed E-state index contributed by atoms with van der Waals surface area (Å²) in [5.41, 5.74) is 0.134. The van der Waals surface area contributed by atoms with E-state index in [1.165, 1.54) is 0 Å². The Morgan fingerprint density at radius 1 is 1.28 bits per heavy atom. The molecule has 1 unspecified atom stereocenters. The number of allylic oxidation sites excluding steroid dienone is 4. The summed E-state index contributed by atoms with van der Waals surface area (Å²) in [7, 11) is 0. The number of ether oxygens (including phenoxy) is 1. The fourth-order valence-corrected chi connectivity index (χ4v) is 1.75. The van der Waals surface area contributed by atoms with Gasteiger partial charge in [0.25, 0.3) is 0 Å². The van der Waals surface area contributed by atoms with E-state index in [1.54, 1.807) is 0 Å². The summed E-state index contributed by atoms with van der Waals surface area (Å²) >= 11 is 0. The van der Waals surface area contributed by atoms with Crippen LogP contribution in [-0.4, -0.2) is 5.97 Å². The first-order valence-electron chi connectivity index (χ1n) is 6.68. The van der Waals surface area contributed by atoms with Crippen molar-refractivity contribution in [1.29, 1.82) is 0 Å². The maximum absolute atomic E-state index is 12.1. The zero-order chi connectivity index (χ0) is 14.3. The van der Waals surface area contributed by atoms with Gasteiger partial charge in [-0.2, -0.15) is 0 Å². The van der Waals surface area contributed by atoms with E-state index in [1.807, 2.05) is 32.1 Å². The van der Waals surface area contributed by atoms with Crippen molar-refractivity contribution in [3.05, 3.63) is 24.0 Å². The molecule has 0 saturated heterocycles. The van der Waals surface area contributed by atoms with Crippen LogP contribution in [0, 0.1) is 17.3 Å². The highest BCUT2D eigenvalue weighted by Crippen LogP contribution is 2.30. The van der Waals surface area contributed by atoms with Crippen LogP contribution in [0.4, 0.5) is 0 Å². The van der Waals surface area contributed by atoms with Gasteiger partial charge in [0.15, 0.2) is 0 Å². The van der Waals surface area contributed by atoms with Gasteiger partial charge in [0.1, 0.15) is 5.76 Å². The van der Waals surface area contributed by atoms with Gasteiger partial charge in [0.2, 0.25) is 0 Å². The van der Waals surface area contributed by atoms with Crippen molar-refractivity contribution in [2.75, 3.05) is 0 Å². The highest BCUT2D eigenvalue weighted by Gasteiger charge is 2.29. The lowest BCUT2D eigenvalue weighted by Crippen LogP contribution is -2.27. The quantitative estimate of drug-likeness (QED) is 0.402. The minimum Gasteiger partial charge on any atom is -0.431 e. The Hall–Kier alpha value is -1.05. The standard InChI is InChI=1S/C16H28O2/c1-8-9-10-13(4)18-15(17)14(12(2)3)11-16(5,6)7/h8-10,12,14H,11H2,1-7H3. The van der Waals surface area contributed by atoms with Crippen molar-refractivity contribution in [1.82, 2.24) is 0 Å². The molecule has 0 spiro atoms. The second-order valence-electron chi connectivity index (χ2n) is 6.34. The van der Waals surface area contributed by atoms with E-state index in [9.17, 15) is 4.79 Å². The summed E-state index contributed by atoms with van der Waals surface area (Å²) < 4.78 is 5.39. The molecule has 0 amide bonds. The van der Waals surface area contributed by atoms with E-state index < -0.39 is 0 Å². The molecule has 0 aromatic carbocycles. The molecule has 18 heavy (non-hydrogen) atoms. The molecule has 0 fully saturated rings. The van der Waals surface area contributed by atoms with Crippen LogP contribution in [0.25, 0.3) is 0 Å². The molecule has 0 aromatic heterocycles. The monoisotopic (exact) mass is 252 g/mol.